The highest BCUT2D eigenvalue weighted by Gasteiger charge is 2.51. The zero-order valence-electron chi connectivity index (χ0n) is 17.3. The summed E-state index contributed by atoms with van der Waals surface area (Å²) < 4.78 is 12.4. The third-order valence-corrected chi connectivity index (χ3v) is 6.09. The lowest BCUT2D eigenvalue weighted by atomic mass is 9.78. The summed E-state index contributed by atoms with van der Waals surface area (Å²) >= 11 is 0. The van der Waals surface area contributed by atoms with Crippen molar-refractivity contribution >= 4 is 18.5 Å². The molecule has 0 spiro atoms. The van der Waals surface area contributed by atoms with Crippen LogP contribution in [0.5, 0.6) is 0 Å². The first-order valence-corrected chi connectivity index (χ1v) is 10.0. The Kier molecular flexibility index (Phi) is 5.16. The van der Waals surface area contributed by atoms with E-state index < -0.39 is 0 Å². The first kappa shape index (κ1) is 19.4. The number of nitrogens with zero attached hydrogens (tertiary/aromatic N) is 4. The number of hydrogen-bond acceptors (Lipinski definition) is 6. The molecule has 0 amide bonds. The Hall–Kier alpha value is -1.96. The molecule has 2 fully saturated rings. The minimum atomic E-state index is -0.316. The van der Waals surface area contributed by atoms with Crippen molar-refractivity contribution in [3.8, 4) is 0 Å². The molecule has 2 saturated heterocycles. The van der Waals surface area contributed by atoms with E-state index in [9.17, 15) is 0 Å². The number of anilines is 1. The van der Waals surface area contributed by atoms with Crippen molar-refractivity contribution in [2.45, 2.75) is 45.4 Å². The monoisotopic (exact) mass is 380 g/mol. The molecule has 0 radical (unpaired) electrons. The maximum Gasteiger partial charge on any atom is 0.494 e. The molecule has 2 aromatic rings. The van der Waals surface area contributed by atoms with Gasteiger partial charge in [0.25, 0.3) is 0 Å². The third-order valence-electron chi connectivity index (χ3n) is 6.09. The fraction of sp³-hybridized carbons (Fsp3) is 0.524. The SMILES string of the molecule is CC1(C)OB(c2cccc(CN3CCN(c4ncccn4)CC3)c2)OC1(C)C. The van der Waals surface area contributed by atoms with E-state index >= 15 is 0 Å². The number of hydrogen-bond donors (Lipinski definition) is 0. The summed E-state index contributed by atoms with van der Waals surface area (Å²) in [5.41, 5.74) is 1.75. The van der Waals surface area contributed by atoms with E-state index in [0.29, 0.717) is 0 Å². The van der Waals surface area contributed by atoms with Gasteiger partial charge in [0.15, 0.2) is 0 Å². The summed E-state index contributed by atoms with van der Waals surface area (Å²) in [6.07, 6.45) is 3.60. The van der Waals surface area contributed by atoms with Gasteiger partial charge in [0, 0.05) is 45.1 Å². The van der Waals surface area contributed by atoms with E-state index in [4.69, 9.17) is 9.31 Å². The summed E-state index contributed by atoms with van der Waals surface area (Å²) in [6, 6.07) is 10.4. The molecule has 1 aromatic carbocycles. The van der Waals surface area contributed by atoms with Gasteiger partial charge in [-0.25, -0.2) is 9.97 Å². The summed E-state index contributed by atoms with van der Waals surface area (Å²) in [6.45, 7) is 13.2. The topological polar surface area (TPSA) is 50.7 Å². The van der Waals surface area contributed by atoms with Crippen LogP contribution in [0.25, 0.3) is 0 Å². The molecule has 148 valence electrons. The fourth-order valence-corrected chi connectivity index (χ4v) is 3.64. The molecular formula is C21H29BN4O2. The molecule has 28 heavy (non-hydrogen) atoms. The van der Waals surface area contributed by atoms with Crippen molar-refractivity contribution in [1.82, 2.24) is 14.9 Å². The molecule has 0 N–H and O–H groups in total. The minimum absolute atomic E-state index is 0.308. The predicted octanol–water partition coefficient (Wildman–Crippen LogP) is 2.10. The Morgan fingerprint density at radius 3 is 2.21 bits per heavy atom. The average molecular weight is 380 g/mol. The molecule has 7 heteroatoms. The largest absolute Gasteiger partial charge is 0.494 e. The second kappa shape index (κ2) is 7.46. The van der Waals surface area contributed by atoms with Gasteiger partial charge in [0.05, 0.1) is 11.2 Å². The Morgan fingerprint density at radius 1 is 0.929 bits per heavy atom. The van der Waals surface area contributed by atoms with Gasteiger partial charge in [-0.2, -0.15) is 0 Å². The highest BCUT2D eigenvalue weighted by molar-refractivity contribution is 6.62. The van der Waals surface area contributed by atoms with E-state index in [1.807, 2.05) is 6.07 Å². The summed E-state index contributed by atoms with van der Waals surface area (Å²) in [5.74, 6) is 0.824. The standard InChI is InChI=1S/C21H29BN4O2/c1-20(2)21(3,4)28-22(27-20)18-8-5-7-17(15-18)16-25-11-13-26(14-12-25)19-23-9-6-10-24-19/h5-10,15H,11-14,16H2,1-4H3. The molecule has 0 bridgehead atoms. The quantitative estimate of drug-likeness (QED) is 0.758. The second-order valence-electron chi connectivity index (χ2n) is 8.65. The van der Waals surface area contributed by atoms with Gasteiger partial charge in [-0.15, -0.1) is 0 Å². The predicted molar refractivity (Wildman–Crippen MR) is 112 cm³/mol. The minimum Gasteiger partial charge on any atom is -0.399 e. The van der Waals surface area contributed by atoms with Gasteiger partial charge in [-0.1, -0.05) is 24.3 Å². The maximum absolute atomic E-state index is 6.20. The average Bonchev–Trinajstić information content (AvgIpc) is 2.91. The highest BCUT2D eigenvalue weighted by atomic mass is 16.7. The van der Waals surface area contributed by atoms with Crippen LogP contribution in [0.3, 0.4) is 0 Å². The molecule has 0 unspecified atom stereocenters. The first-order valence-electron chi connectivity index (χ1n) is 10.0. The van der Waals surface area contributed by atoms with Crippen molar-refractivity contribution in [3.63, 3.8) is 0 Å². The lowest BCUT2D eigenvalue weighted by molar-refractivity contribution is 0.00578. The van der Waals surface area contributed by atoms with Crippen LogP contribution >= 0.6 is 0 Å². The second-order valence-corrected chi connectivity index (χ2v) is 8.65. The van der Waals surface area contributed by atoms with Crippen molar-refractivity contribution in [2.24, 2.45) is 0 Å². The van der Waals surface area contributed by atoms with Crippen LogP contribution in [0.4, 0.5) is 5.95 Å². The van der Waals surface area contributed by atoms with E-state index in [-0.39, 0.29) is 18.3 Å². The van der Waals surface area contributed by atoms with E-state index in [1.54, 1.807) is 12.4 Å². The van der Waals surface area contributed by atoms with E-state index in [1.165, 1.54) is 5.56 Å². The van der Waals surface area contributed by atoms with E-state index in [2.05, 4.69) is 71.7 Å². The normalized spacial score (nSPS) is 21.9. The van der Waals surface area contributed by atoms with Gasteiger partial charge < -0.3 is 14.2 Å². The fourth-order valence-electron chi connectivity index (χ4n) is 3.64. The van der Waals surface area contributed by atoms with Crippen LogP contribution in [-0.2, 0) is 15.9 Å². The van der Waals surface area contributed by atoms with Gasteiger partial charge >= 0.3 is 7.12 Å². The molecule has 6 nitrogen and oxygen atoms in total. The van der Waals surface area contributed by atoms with Gasteiger partial charge in [0.1, 0.15) is 0 Å². The van der Waals surface area contributed by atoms with Crippen molar-refractivity contribution in [3.05, 3.63) is 48.3 Å². The van der Waals surface area contributed by atoms with Crippen LogP contribution in [0, 0.1) is 0 Å². The highest BCUT2D eigenvalue weighted by Crippen LogP contribution is 2.36. The van der Waals surface area contributed by atoms with Crippen molar-refractivity contribution < 1.29 is 9.31 Å². The number of rotatable bonds is 4. The Morgan fingerprint density at radius 2 is 1.57 bits per heavy atom. The molecule has 3 heterocycles. The van der Waals surface area contributed by atoms with Crippen LogP contribution < -0.4 is 10.4 Å². The Bertz CT molecular complexity index is 791. The van der Waals surface area contributed by atoms with Crippen molar-refractivity contribution in [2.75, 3.05) is 31.1 Å². The number of benzene rings is 1. The summed E-state index contributed by atoms with van der Waals surface area (Å²) in [5, 5.41) is 0. The Balaban J connectivity index is 1.37. The Labute approximate surface area is 168 Å². The van der Waals surface area contributed by atoms with Gasteiger partial charge in [0.2, 0.25) is 5.95 Å². The smallest absolute Gasteiger partial charge is 0.399 e. The van der Waals surface area contributed by atoms with Crippen LogP contribution in [0.2, 0.25) is 0 Å². The third kappa shape index (κ3) is 3.92. The van der Waals surface area contributed by atoms with Crippen LogP contribution in [-0.4, -0.2) is 59.4 Å². The lowest BCUT2D eigenvalue weighted by Crippen LogP contribution is -2.46. The molecule has 0 aliphatic carbocycles. The zero-order valence-corrected chi connectivity index (χ0v) is 17.3. The molecular weight excluding hydrogens is 351 g/mol. The number of piperazine rings is 1. The molecule has 2 aliphatic rings. The van der Waals surface area contributed by atoms with Gasteiger partial charge in [-0.3, -0.25) is 4.90 Å². The summed E-state index contributed by atoms with van der Waals surface area (Å²) in [7, 11) is -0.308. The van der Waals surface area contributed by atoms with E-state index in [0.717, 1.165) is 44.1 Å². The van der Waals surface area contributed by atoms with Crippen LogP contribution in [0.1, 0.15) is 33.3 Å². The first-order chi connectivity index (χ1) is 13.3. The molecule has 2 aliphatic heterocycles. The summed E-state index contributed by atoms with van der Waals surface area (Å²) in [4.78, 5) is 13.4. The molecule has 0 saturated carbocycles. The van der Waals surface area contributed by atoms with Gasteiger partial charge in [-0.05, 0) is 44.8 Å². The molecule has 1 aromatic heterocycles. The lowest BCUT2D eigenvalue weighted by Gasteiger charge is -2.34. The zero-order chi connectivity index (χ0) is 19.8. The maximum atomic E-state index is 6.20. The molecule has 0 atom stereocenters. The number of aromatic nitrogens is 2. The van der Waals surface area contributed by atoms with Crippen molar-refractivity contribution in [1.29, 1.82) is 0 Å². The van der Waals surface area contributed by atoms with Crippen LogP contribution in [0.15, 0.2) is 42.7 Å². The molecule has 4 rings (SSSR count).